The molecular formula is C15H31NO. The maximum atomic E-state index is 8.69. The predicted octanol–water partition coefficient (Wildman–Crippen LogP) is 3.34. The summed E-state index contributed by atoms with van der Waals surface area (Å²) in [5.74, 6) is 1.79. The molecule has 17 heavy (non-hydrogen) atoms. The lowest BCUT2D eigenvalue weighted by Crippen LogP contribution is -2.36. The highest BCUT2D eigenvalue weighted by Gasteiger charge is 2.23. The third-order valence-corrected chi connectivity index (χ3v) is 4.18. The van der Waals surface area contributed by atoms with Crippen LogP contribution < -0.4 is 5.32 Å². The Labute approximate surface area is 107 Å². The molecule has 1 rings (SSSR count). The second kappa shape index (κ2) is 8.93. The van der Waals surface area contributed by atoms with Crippen molar-refractivity contribution in [1.82, 2.24) is 5.32 Å². The zero-order valence-corrected chi connectivity index (χ0v) is 11.8. The molecule has 0 aromatic rings. The normalized spacial score (nSPS) is 25.4. The van der Waals surface area contributed by atoms with Gasteiger partial charge in [-0.25, -0.2) is 0 Å². The molecule has 2 heteroatoms. The summed E-state index contributed by atoms with van der Waals surface area (Å²) in [5, 5.41) is 12.4. The van der Waals surface area contributed by atoms with Gasteiger partial charge in [-0.05, 0) is 44.1 Å². The minimum Gasteiger partial charge on any atom is -0.396 e. The Kier molecular flexibility index (Phi) is 7.87. The van der Waals surface area contributed by atoms with E-state index >= 15 is 0 Å². The summed E-state index contributed by atoms with van der Waals surface area (Å²) in [6, 6.07) is 0.772. The Bertz CT molecular complexity index is 182. The molecule has 0 radical (unpaired) electrons. The average molecular weight is 241 g/mol. The van der Waals surface area contributed by atoms with E-state index in [4.69, 9.17) is 5.11 Å². The summed E-state index contributed by atoms with van der Waals surface area (Å²) in [5.41, 5.74) is 0. The highest BCUT2D eigenvalue weighted by atomic mass is 16.2. The average Bonchev–Trinajstić information content (AvgIpc) is 2.34. The molecular weight excluding hydrogens is 210 g/mol. The Morgan fingerprint density at radius 3 is 2.59 bits per heavy atom. The molecule has 0 aromatic carbocycles. The first-order chi connectivity index (χ1) is 8.24. The van der Waals surface area contributed by atoms with Gasteiger partial charge >= 0.3 is 0 Å². The molecule has 1 fully saturated rings. The lowest BCUT2D eigenvalue weighted by molar-refractivity contribution is 0.231. The first-order valence-corrected chi connectivity index (χ1v) is 7.58. The fourth-order valence-corrected chi connectivity index (χ4v) is 2.92. The zero-order chi connectivity index (χ0) is 12.5. The molecule has 0 aromatic heterocycles. The SMILES string of the molecule is CC(C)C1CCCC(NCCCCCCO)C1. The van der Waals surface area contributed by atoms with Crippen molar-refractivity contribution in [1.29, 1.82) is 0 Å². The number of unbranched alkanes of at least 4 members (excludes halogenated alkanes) is 3. The van der Waals surface area contributed by atoms with E-state index in [2.05, 4.69) is 19.2 Å². The number of aliphatic hydroxyl groups excluding tert-OH is 1. The van der Waals surface area contributed by atoms with Gasteiger partial charge in [0.25, 0.3) is 0 Å². The molecule has 1 aliphatic carbocycles. The van der Waals surface area contributed by atoms with Crippen molar-refractivity contribution in [2.24, 2.45) is 11.8 Å². The number of hydrogen-bond donors (Lipinski definition) is 2. The van der Waals surface area contributed by atoms with Gasteiger partial charge in [-0.3, -0.25) is 0 Å². The second-order valence-corrected chi connectivity index (χ2v) is 5.96. The monoisotopic (exact) mass is 241 g/mol. The number of nitrogens with one attached hydrogen (secondary N) is 1. The molecule has 0 bridgehead atoms. The maximum Gasteiger partial charge on any atom is 0.0431 e. The Hall–Kier alpha value is -0.0800. The maximum absolute atomic E-state index is 8.69. The molecule has 0 heterocycles. The van der Waals surface area contributed by atoms with Crippen molar-refractivity contribution in [3.8, 4) is 0 Å². The first-order valence-electron chi connectivity index (χ1n) is 7.58. The van der Waals surface area contributed by atoms with E-state index in [1.54, 1.807) is 0 Å². The molecule has 2 atom stereocenters. The predicted molar refractivity (Wildman–Crippen MR) is 74.1 cm³/mol. The molecule has 102 valence electrons. The number of hydrogen-bond acceptors (Lipinski definition) is 2. The quantitative estimate of drug-likeness (QED) is 0.639. The molecule has 2 N–H and O–H groups in total. The van der Waals surface area contributed by atoms with Crippen LogP contribution in [0.15, 0.2) is 0 Å². The molecule has 0 amide bonds. The molecule has 1 aliphatic rings. The van der Waals surface area contributed by atoms with E-state index in [1.165, 1.54) is 51.5 Å². The van der Waals surface area contributed by atoms with E-state index in [0.717, 1.165) is 24.3 Å². The van der Waals surface area contributed by atoms with Crippen LogP contribution in [0.5, 0.6) is 0 Å². The molecule has 2 nitrogen and oxygen atoms in total. The second-order valence-electron chi connectivity index (χ2n) is 5.96. The highest BCUT2D eigenvalue weighted by Crippen LogP contribution is 2.29. The van der Waals surface area contributed by atoms with Crippen LogP contribution in [0.25, 0.3) is 0 Å². The fourth-order valence-electron chi connectivity index (χ4n) is 2.92. The van der Waals surface area contributed by atoms with Crippen molar-refractivity contribution in [3.05, 3.63) is 0 Å². The van der Waals surface area contributed by atoms with E-state index in [9.17, 15) is 0 Å². The van der Waals surface area contributed by atoms with Crippen LogP contribution in [0.3, 0.4) is 0 Å². The molecule has 0 spiro atoms. The molecule has 0 aliphatic heterocycles. The summed E-state index contributed by atoms with van der Waals surface area (Å²) >= 11 is 0. The largest absolute Gasteiger partial charge is 0.396 e. The lowest BCUT2D eigenvalue weighted by Gasteiger charge is -2.32. The van der Waals surface area contributed by atoms with Crippen LogP contribution in [0.2, 0.25) is 0 Å². The highest BCUT2D eigenvalue weighted by molar-refractivity contribution is 4.79. The summed E-state index contributed by atoms with van der Waals surface area (Å²) < 4.78 is 0. The summed E-state index contributed by atoms with van der Waals surface area (Å²) in [7, 11) is 0. The van der Waals surface area contributed by atoms with Crippen LogP contribution in [-0.2, 0) is 0 Å². The number of rotatable bonds is 8. The van der Waals surface area contributed by atoms with Crippen molar-refractivity contribution >= 4 is 0 Å². The van der Waals surface area contributed by atoms with Gasteiger partial charge < -0.3 is 10.4 Å². The van der Waals surface area contributed by atoms with Gasteiger partial charge in [0.15, 0.2) is 0 Å². The standard InChI is InChI=1S/C15H31NO/c1-13(2)14-8-7-9-15(12-14)16-10-5-3-4-6-11-17/h13-17H,3-12H2,1-2H3. The van der Waals surface area contributed by atoms with Crippen LogP contribution in [0.1, 0.15) is 65.2 Å². The third kappa shape index (κ3) is 6.42. The lowest BCUT2D eigenvalue weighted by atomic mass is 9.79. The van der Waals surface area contributed by atoms with E-state index in [-0.39, 0.29) is 0 Å². The van der Waals surface area contributed by atoms with Crippen molar-refractivity contribution < 1.29 is 5.11 Å². The number of aliphatic hydroxyl groups is 1. The van der Waals surface area contributed by atoms with Gasteiger partial charge in [0.1, 0.15) is 0 Å². The third-order valence-electron chi connectivity index (χ3n) is 4.18. The Balaban J connectivity index is 2.02. The first kappa shape index (κ1) is 15.0. The van der Waals surface area contributed by atoms with Gasteiger partial charge in [-0.1, -0.05) is 39.5 Å². The van der Waals surface area contributed by atoms with E-state index < -0.39 is 0 Å². The Morgan fingerprint density at radius 1 is 1.12 bits per heavy atom. The van der Waals surface area contributed by atoms with Crippen molar-refractivity contribution in [2.45, 2.75) is 71.3 Å². The van der Waals surface area contributed by atoms with Gasteiger partial charge in [0.05, 0.1) is 0 Å². The minimum absolute atomic E-state index is 0.353. The Morgan fingerprint density at radius 2 is 1.88 bits per heavy atom. The van der Waals surface area contributed by atoms with Gasteiger partial charge in [0, 0.05) is 12.6 Å². The fraction of sp³-hybridized carbons (Fsp3) is 1.00. The topological polar surface area (TPSA) is 32.3 Å². The zero-order valence-electron chi connectivity index (χ0n) is 11.8. The van der Waals surface area contributed by atoms with E-state index in [1.807, 2.05) is 0 Å². The minimum atomic E-state index is 0.353. The van der Waals surface area contributed by atoms with Gasteiger partial charge in [0.2, 0.25) is 0 Å². The molecule has 1 saturated carbocycles. The molecule has 0 saturated heterocycles. The molecule has 2 unspecified atom stereocenters. The summed E-state index contributed by atoms with van der Waals surface area (Å²) in [4.78, 5) is 0. The van der Waals surface area contributed by atoms with Gasteiger partial charge in [-0.15, -0.1) is 0 Å². The van der Waals surface area contributed by atoms with Crippen LogP contribution in [-0.4, -0.2) is 24.3 Å². The van der Waals surface area contributed by atoms with Gasteiger partial charge in [-0.2, -0.15) is 0 Å². The van der Waals surface area contributed by atoms with Crippen LogP contribution in [0.4, 0.5) is 0 Å². The summed E-state index contributed by atoms with van der Waals surface area (Å²) in [6.45, 7) is 6.25. The summed E-state index contributed by atoms with van der Waals surface area (Å²) in [6.07, 6.45) is 10.3. The van der Waals surface area contributed by atoms with E-state index in [0.29, 0.717) is 6.61 Å². The van der Waals surface area contributed by atoms with Crippen LogP contribution >= 0.6 is 0 Å². The van der Waals surface area contributed by atoms with Crippen molar-refractivity contribution in [3.63, 3.8) is 0 Å². The smallest absolute Gasteiger partial charge is 0.0431 e. The van der Waals surface area contributed by atoms with Crippen LogP contribution in [0, 0.1) is 11.8 Å². The van der Waals surface area contributed by atoms with Crippen molar-refractivity contribution in [2.75, 3.05) is 13.2 Å².